The zero-order valence-corrected chi connectivity index (χ0v) is 41.9. The molecule has 0 bridgehead atoms. The van der Waals surface area contributed by atoms with E-state index in [-0.39, 0.29) is 19.6 Å². The Bertz CT molecular complexity index is 1270. The van der Waals surface area contributed by atoms with Gasteiger partial charge in [0.2, 0.25) is 0 Å². The summed E-state index contributed by atoms with van der Waals surface area (Å²) in [4.78, 5) is 12.9. The van der Waals surface area contributed by atoms with Gasteiger partial charge in [-0.1, -0.05) is 192 Å². The quantitative estimate of drug-likeness (QED) is 0.0197. The molecule has 1 heterocycles. The number of ether oxygens (including phenoxy) is 4. The first-order valence-electron chi connectivity index (χ1n) is 26.2. The van der Waals surface area contributed by atoms with E-state index in [4.69, 9.17) is 18.9 Å². The van der Waals surface area contributed by atoms with Gasteiger partial charge in [0.1, 0.15) is 30.5 Å². The van der Waals surface area contributed by atoms with E-state index in [9.17, 15) is 33.1 Å². The lowest BCUT2D eigenvalue weighted by molar-refractivity contribution is -0.301. The Labute approximate surface area is 396 Å². The zero-order chi connectivity index (χ0) is 47.5. The van der Waals surface area contributed by atoms with Crippen molar-refractivity contribution in [3.8, 4) is 0 Å². The van der Waals surface area contributed by atoms with Gasteiger partial charge in [0.05, 0.1) is 19.8 Å². The van der Waals surface area contributed by atoms with Crippen molar-refractivity contribution in [1.29, 1.82) is 0 Å². The lowest BCUT2D eigenvalue weighted by Crippen LogP contribution is -2.60. The number of allylic oxidation sites excluding steroid dienone is 6. The van der Waals surface area contributed by atoms with E-state index in [1.54, 1.807) is 0 Å². The normalized spacial score (nSPS) is 19.9. The Hall–Kier alpha value is -1.68. The molecule has 1 aliphatic heterocycles. The highest BCUT2D eigenvalue weighted by Crippen LogP contribution is 2.26. The van der Waals surface area contributed by atoms with Gasteiger partial charge in [0.15, 0.2) is 6.29 Å². The lowest BCUT2D eigenvalue weighted by atomic mass is 9.99. The number of unbranched alkanes of at least 4 members (excludes halogenated alkanes) is 27. The number of carbonyl (C=O) groups is 1. The second-order valence-corrected chi connectivity index (χ2v) is 19.2. The molecule has 0 amide bonds. The number of hydrogen-bond acceptors (Lipinski definition) is 11. The molecule has 4 N–H and O–H groups in total. The highest BCUT2D eigenvalue weighted by atomic mass is 32.3. The van der Waals surface area contributed by atoms with Gasteiger partial charge in [-0.25, -0.2) is 4.18 Å². The first kappa shape index (κ1) is 61.3. The van der Waals surface area contributed by atoms with Crippen LogP contribution in [0.5, 0.6) is 0 Å². The molecule has 6 atom stereocenters. The molecule has 0 radical (unpaired) electrons. The molecule has 0 aliphatic carbocycles. The van der Waals surface area contributed by atoms with Gasteiger partial charge < -0.3 is 34.3 Å². The molecule has 0 saturated carbocycles. The lowest BCUT2D eigenvalue weighted by Gasteiger charge is -2.41. The minimum absolute atomic E-state index is 0.0314. The molecule has 13 heteroatoms. The van der Waals surface area contributed by atoms with Crippen molar-refractivity contribution in [2.75, 3.05) is 26.4 Å². The molecular weight excluding hydrogens is 849 g/mol. The van der Waals surface area contributed by atoms with Crippen LogP contribution in [0.25, 0.3) is 0 Å². The summed E-state index contributed by atoms with van der Waals surface area (Å²) in [6.07, 6.45) is 43.3. The maximum Gasteiger partial charge on any atom is 0.397 e. The Morgan fingerprint density at radius 3 is 1.52 bits per heavy atom. The molecule has 1 rings (SSSR count). The van der Waals surface area contributed by atoms with Crippen LogP contribution in [-0.4, -0.2) is 97.5 Å². The summed E-state index contributed by atoms with van der Waals surface area (Å²) in [7, 11) is -5.07. The minimum Gasteiger partial charge on any atom is -0.457 e. The number of esters is 1. The van der Waals surface area contributed by atoms with Gasteiger partial charge in [-0.3, -0.25) is 9.35 Å². The maximum atomic E-state index is 12.9. The van der Waals surface area contributed by atoms with Crippen LogP contribution in [0, 0.1) is 0 Å². The smallest absolute Gasteiger partial charge is 0.397 e. The number of carbonyl (C=O) groups excluding carboxylic acids is 1. The van der Waals surface area contributed by atoms with E-state index in [1.165, 1.54) is 135 Å². The predicted molar refractivity (Wildman–Crippen MR) is 262 cm³/mol. The van der Waals surface area contributed by atoms with Gasteiger partial charge >= 0.3 is 16.4 Å². The summed E-state index contributed by atoms with van der Waals surface area (Å²) in [6, 6.07) is 0. The van der Waals surface area contributed by atoms with Crippen molar-refractivity contribution in [2.45, 2.75) is 263 Å². The largest absolute Gasteiger partial charge is 0.457 e. The second-order valence-electron chi connectivity index (χ2n) is 18.1. The molecule has 12 nitrogen and oxygen atoms in total. The summed E-state index contributed by atoms with van der Waals surface area (Å²) in [5.41, 5.74) is 0. The van der Waals surface area contributed by atoms with Crippen molar-refractivity contribution in [1.82, 2.24) is 0 Å². The third-order valence-corrected chi connectivity index (χ3v) is 12.5. The second kappa shape index (κ2) is 43.6. The van der Waals surface area contributed by atoms with Crippen molar-refractivity contribution in [3.63, 3.8) is 0 Å². The minimum atomic E-state index is -5.07. The van der Waals surface area contributed by atoms with Crippen molar-refractivity contribution >= 4 is 16.4 Å². The van der Waals surface area contributed by atoms with Crippen molar-refractivity contribution < 1.29 is 56.2 Å². The fourth-order valence-electron chi connectivity index (χ4n) is 7.98. The molecular formula is C52H96O12S. The van der Waals surface area contributed by atoms with Gasteiger partial charge in [0, 0.05) is 13.0 Å². The van der Waals surface area contributed by atoms with Crippen LogP contribution in [0.4, 0.5) is 0 Å². The molecule has 6 unspecified atom stereocenters. The monoisotopic (exact) mass is 945 g/mol. The van der Waals surface area contributed by atoms with Crippen LogP contribution in [0.2, 0.25) is 0 Å². The molecule has 0 aromatic heterocycles. The molecule has 0 aromatic rings. The van der Waals surface area contributed by atoms with Crippen molar-refractivity contribution in [3.05, 3.63) is 36.5 Å². The highest BCUT2D eigenvalue weighted by molar-refractivity contribution is 7.80. The summed E-state index contributed by atoms with van der Waals surface area (Å²) < 4.78 is 59.2. The van der Waals surface area contributed by atoms with Crippen LogP contribution in [0.1, 0.15) is 226 Å². The average Bonchev–Trinajstić information content (AvgIpc) is 3.28. The average molecular weight is 945 g/mol. The van der Waals surface area contributed by atoms with Crippen LogP contribution in [-0.2, 0) is 38.3 Å². The van der Waals surface area contributed by atoms with Gasteiger partial charge in [-0.15, -0.1) is 0 Å². The third-order valence-electron chi connectivity index (χ3n) is 12.0. The first-order valence-corrected chi connectivity index (χ1v) is 27.6. The zero-order valence-electron chi connectivity index (χ0n) is 41.1. The number of aliphatic hydroxyl groups is 3. The Morgan fingerprint density at radius 1 is 0.585 bits per heavy atom. The standard InChI is InChI=1S/C52H96O12S/c1-3-5-7-9-11-13-15-17-19-20-21-22-23-24-25-26-27-28-30-32-34-36-38-40-42-60-44-46(45-61-52-50(56)51(64-65(57,58)59)49(55)47(43-53)63-52)62-48(54)41-39-37-35-33-31-29-18-16-14-12-10-8-6-4-2/h10,12,16,18,20-21,46-47,49-53,55-56H,3-9,11,13-15,17,19,22-45H2,1-2H3,(H,57,58,59)/b12-10-,18-16-,21-20-. The van der Waals surface area contributed by atoms with E-state index in [1.807, 2.05) is 0 Å². The predicted octanol–water partition coefficient (Wildman–Crippen LogP) is 12.1. The fourth-order valence-corrected chi connectivity index (χ4v) is 8.49. The van der Waals surface area contributed by atoms with Crippen LogP contribution in [0.3, 0.4) is 0 Å². The fraction of sp³-hybridized carbons (Fsp3) is 0.865. The number of hydrogen-bond donors (Lipinski definition) is 4. The van der Waals surface area contributed by atoms with E-state index in [2.05, 4.69) is 54.5 Å². The van der Waals surface area contributed by atoms with Crippen LogP contribution >= 0.6 is 0 Å². The molecule has 1 aliphatic rings. The maximum absolute atomic E-state index is 12.9. The van der Waals surface area contributed by atoms with Gasteiger partial charge in [-0.05, 0) is 64.2 Å². The Kier molecular flexibility index (Phi) is 41.1. The summed E-state index contributed by atoms with van der Waals surface area (Å²) in [5, 5.41) is 30.7. The van der Waals surface area contributed by atoms with Crippen LogP contribution < -0.4 is 0 Å². The Balaban J connectivity index is 2.31. The molecule has 1 saturated heterocycles. The first-order chi connectivity index (χ1) is 31.6. The summed E-state index contributed by atoms with van der Waals surface area (Å²) in [5.74, 6) is -0.411. The van der Waals surface area contributed by atoms with E-state index < -0.39 is 59.8 Å². The van der Waals surface area contributed by atoms with E-state index >= 15 is 0 Å². The molecule has 0 aromatic carbocycles. The van der Waals surface area contributed by atoms with E-state index in [0.29, 0.717) is 13.0 Å². The van der Waals surface area contributed by atoms with Crippen LogP contribution in [0.15, 0.2) is 36.5 Å². The molecule has 65 heavy (non-hydrogen) atoms. The van der Waals surface area contributed by atoms with Gasteiger partial charge in [0.25, 0.3) is 0 Å². The van der Waals surface area contributed by atoms with Gasteiger partial charge in [-0.2, -0.15) is 8.42 Å². The summed E-state index contributed by atoms with van der Waals surface area (Å²) in [6.45, 7) is 3.95. The highest BCUT2D eigenvalue weighted by Gasteiger charge is 2.48. The molecule has 0 spiro atoms. The topological polar surface area (TPSA) is 178 Å². The Morgan fingerprint density at radius 2 is 1.03 bits per heavy atom. The molecule has 382 valence electrons. The van der Waals surface area contributed by atoms with Crippen molar-refractivity contribution in [2.24, 2.45) is 0 Å². The summed E-state index contributed by atoms with van der Waals surface area (Å²) >= 11 is 0. The van der Waals surface area contributed by atoms with E-state index in [0.717, 1.165) is 64.2 Å². The SMILES string of the molecule is CCCC/C=C\C/C=C\CCCCCCCC(=O)OC(COCCCCCCCCCCCCCC/C=C\CCCCCCCCCC)COC1OC(CO)C(O)C(OS(=O)(=O)O)C1O. The number of aliphatic hydroxyl groups excluding tert-OH is 3. The number of rotatable bonds is 46. The third kappa shape index (κ3) is 37.0. The molecule has 1 fully saturated rings.